The van der Waals surface area contributed by atoms with Crippen molar-refractivity contribution in [2.24, 2.45) is 0 Å². The summed E-state index contributed by atoms with van der Waals surface area (Å²) in [5, 5.41) is 0. The Morgan fingerprint density at radius 3 is 2.37 bits per heavy atom. The standard InChI is InChI=1S/C14H15NO3S/c1-11(18-19(2,16)17)13-9-6-10-14(15-13)12-7-4-3-5-8-12/h3-11H,1-2H3. The van der Waals surface area contributed by atoms with Gasteiger partial charge in [-0.1, -0.05) is 36.4 Å². The third kappa shape index (κ3) is 3.87. The lowest BCUT2D eigenvalue weighted by Gasteiger charge is -2.11. The average molecular weight is 277 g/mol. The van der Waals surface area contributed by atoms with Gasteiger partial charge in [0.25, 0.3) is 10.1 Å². The van der Waals surface area contributed by atoms with Gasteiger partial charge in [0.1, 0.15) is 6.10 Å². The highest BCUT2D eigenvalue weighted by Crippen LogP contribution is 2.21. The maximum atomic E-state index is 11.1. The highest BCUT2D eigenvalue weighted by atomic mass is 32.2. The molecule has 0 aliphatic carbocycles. The molecule has 0 N–H and O–H groups in total. The number of rotatable bonds is 4. The van der Waals surface area contributed by atoms with Crippen molar-refractivity contribution in [3.8, 4) is 11.3 Å². The van der Waals surface area contributed by atoms with Crippen molar-refractivity contribution in [1.29, 1.82) is 0 Å². The Balaban J connectivity index is 2.30. The van der Waals surface area contributed by atoms with Crippen molar-refractivity contribution in [1.82, 2.24) is 4.98 Å². The lowest BCUT2D eigenvalue weighted by Crippen LogP contribution is -2.09. The maximum absolute atomic E-state index is 11.1. The van der Waals surface area contributed by atoms with Crippen LogP contribution in [0.4, 0.5) is 0 Å². The second-order valence-corrected chi connectivity index (χ2v) is 5.86. The Hall–Kier alpha value is -1.72. The van der Waals surface area contributed by atoms with Gasteiger partial charge in [-0.2, -0.15) is 8.42 Å². The van der Waals surface area contributed by atoms with Crippen molar-refractivity contribution >= 4 is 10.1 Å². The lowest BCUT2D eigenvalue weighted by atomic mass is 10.1. The third-order valence-electron chi connectivity index (χ3n) is 2.58. The summed E-state index contributed by atoms with van der Waals surface area (Å²) in [6, 6.07) is 15.2. The molecule has 1 unspecified atom stereocenters. The summed E-state index contributed by atoms with van der Waals surface area (Å²) >= 11 is 0. The topological polar surface area (TPSA) is 56.3 Å². The molecule has 0 bridgehead atoms. The van der Waals surface area contributed by atoms with Gasteiger partial charge in [-0.25, -0.2) is 0 Å². The number of hydrogen-bond donors (Lipinski definition) is 0. The first-order valence-corrected chi connectivity index (χ1v) is 7.68. The molecule has 1 heterocycles. The molecule has 0 saturated carbocycles. The number of benzene rings is 1. The van der Waals surface area contributed by atoms with E-state index in [1.807, 2.05) is 42.5 Å². The molecule has 0 aliphatic heterocycles. The van der Waals surface area contributed by atoms with Crippen LogP contribution in [0.3, 0.4) is 0 Å². The molecule has 0 fully saturated rings. The van der Waals surface area contributed by atoms with Crippen LogP contribution in [-0.2, 0) is 14.3 Å². The summed E-state index contributed by atoms with van der Waals surface area (Å²) in [4.78, 5) is 4.44. The maximum Gasteiger partial charge on any atom is 0.265 e. The van der Waals surface area contributed by atoms with Crippen molar-refractivity contribution in [3.05, 3.63) is 54.2 Å². The average Bonchev–Trinajstić information content (AvgIpc) is 2.38. The fourth-order valence-electron chi connectivity index (χ4n) is 1.76. The molecular formula is C14H15NO3S. The van der Waals surface area contributed by atoms with Gasteiger partial charge in [0.15, 0.2) is 0 Å². The largest absolute Gasteiger partial charge is 0.265 e. The second-order valence-electron chi connectivity index (χ2n) is 4.26. The molecule has 0 saturated heterocycles. The van der Waals surface area contributed by atoms with E-state index in [1.54, 1.807) is 13.0 Å². The van der Waals surface area contributed by atoms with E-state index in [4.69, 9.17) is 4.18 Å². The molecular weight excluding hydrogens is 262 g/mol. The van der Waals surface area contributed by atoms with Gasteiger partial charge in [-0.05, 0) is 19.1 Å². The van der Waals surface area contributed by atoms with Gasteiger partial charge in [0.2, 0.25) is 0 Å². The monoisotopic (exact) mass is 277 g/mol. The Labute approximate surface area is 113 Å². The predicted octanol–water partition coefficient (Wildman–Crippen LogP) is 2.79. The zero-order valence-electron chi connectivity index (χ0n) is 10.8. The molecule has 1 aromatic carbocycles. The van der Waals surface area contributed by atoms with E-state index in [0.717, 1.165) is 17.5 Å². The van der Waals surface area contributed by atoms with Crippen molar-refractivity contribution in [2.75, 3.05) is 6.26 Å². The van der Waals surface area contributed by atoms with Crippen LogP contribution >= 0.6 is 0 Å². The fraction of sp³-hybridized carbons (Fsp3) is 0.214. The summed E-state index contributed by atoms with van der Waals surface area (Å²) in [6.45, 7) is 1.66. The highest BCUT2D eigenvalue weighted by molar-refractivity contribution is 7.86. The van der Waals surface area contributed by atoms with Crippen molar-refractivity contribution in [3.63, 3.8) is 0 Å². The molecule has 0 aliphatic rings. The van der Waals surface area contributed by atoms with Crippen LogP contribution in [0.25, 0.3) is 11.3 Å². The van der Waals surface area contributed by atoms with Gasteiger partial charge >= 0.3 is 0 Å². The molecule has 2 rings (SSSR count). The summed E-state index contributed by atoms with van der Waals surface area (Å²) in [7, 11) is -3.49. The van der Waals surface area contributed by atoms with E-state index in [9.17, 15) is 8.42 Å². The van der Waals surface area contributed by atoms with Crippen LogP contribution in [0.15, 0.2) is 48.5 Å². The number of hydrogen-bond acceptors (Lipinski definition) is 4. The summed E-state index contributed by atoms with van der Waals surface area (Å²) in [5.74, 6) is 0. The Bertz CT molecular complexity index is 653. The smallest absolute Gasteiger partial charge is 0.261 e. The van der Waals surface area contributed by atoms with Crippen molar-refractivity contribution < 1.29 is 12.6 Å². The lowest BCUT2D eigenvalue weighted by molar-refractivity contribution is 0.232. The van der Waals surface area contributed by atoms with Gasteiger partial charge in [0.05, 0.1) is 17.6 Å². The first-order valence-electron chi connectivity index (χ1n) is 5.86. The van der Waals surface area contributed by atoms with Crippen LogP contribution in [0.5, 0.6) is 0 Å². The Morgan fingerprint density at radius 1 is 1.05 bits per heavy atom. The molecule has 2 aromatic rings. The van der Waals surface area contributed by atoms with Gasteiger partial charge in [-0.15, -0.1) is 0 Å². The van der Waals surface area contributed by atoms with Crippen LogP contribution in [0.1, 0.15) is 18.7 Å². The third-order valence-corrected chi connectivity index (χ3v) is 3.21. The number of nitrogens with zero attached hydrogens (tertiary/aromatic N) is 1. The number of pyridine rings is 1. The molecule has 0 spiro atoms. The predicted molar refractivity (Wildman–Crippen MR) is 74.0 cm³/mol. The SMILES string of the molecule is CC(OS(C)(=O)=O)c1cccc(-c2ccccc2)n1. The van der Waals surface area contributed by atoms with Crippen molar-refractivity contribution in [2.45, 2.75) is 13.0 Å². The Morgan fingerprint density at radius 2 is 1.74 bits per heavy atom. The molecule has 1 atom stereocenters. The molecule has 100 valence electrons. The fourth-order valence-corrected chi connectivity index (χ4v) is 2.38. The second kappa shape index (κ2) is 5.50. The quantitative estimate of drug-likeness (QED) is 0.806. The number of aromatic nitrogens is 1. The minimum absolute atomic E-state index is 0.590. The zero-order chi connectivity index (χ0) is 13.9. The molecule has 19 heavy (non-hydrogen) atoms. The summed E-state index contributed by atoms with van der Waals surface area (Å²) < 4.78 is 27.2. The van der Waals surface area contributed by atoms with E-state index in [1.165, 1.54) is 0 Å². The van der Waals surface area contributed by atoms with E-state index < -0.39 is 16.2 Å². The normalized spacial score (nSPS) is 13.2. The minimum Gasteiger partial charge on any atom is -0.261 e. The van der Waals surface area contributed by atoms with E-state index in [2.05, 4.69) is 4.98 Å². The zero-order valence-corrected chi connectivity index (χ0v) is 11.6. The summed E-state index contributed by atoms with van der Waals surface area (Å²) in [5.41, 5.74) is 2.37. The van der Waals surface area contributed by atoms with Gasteiger partial charge in [0, 0.05) is 5.56 Å². The van der Waals surface area contributed by atoms with Gasteiger partial charge < -0.3 is 0 Å². The Kier molecular flexibility index (Phi) is 3.97. The summed E-state index contributed by atoms with van der Waals surface area (Å²) in [6.07, 6.45) is 0.434. The van der Waals surface area contributed by atoms with Gasteiger partial charge in [-0.3, -0.25) is 9.17 Å². The molecule has 1 aromatic heterocycles. The molecule has 5 heteroatoms. The van der Waals surface area contributed by atoms with Crippen LogP contribution in [0, 0.1) is 0 Å². The van der Waals surface area contributed by atoms with Crippen LogP contribution < -0.4 is 0 Å². The highest BCUT2D eigenvalue weighted by Gasteiger charge is 2.14. The van der Waals surface area contributed by atoms with E-state index >= 15 is 0 Å². The minimum atomic E-state index is -3.49. The van der Waals surface area contributed by atoms with E-state index in [-0.39, 0.29) is 0 Å². The first-order chi connectivity index (χ1) is 8.96. The molecule has 0 amide bonds. The van der Waals surface area contributed by atoms with Crippen LogP contribution in [-0.4, -0.2) is 19.7 Å². The molecule has 4 nitrogen and oxygen atoms in total. The first kappa shape index (κ1) is 13.7. The van der Waals surface area contributed by atoms with Crippen LogP contribution in [0.2, 0.25) is 0 Å². The van der Waals surface area contributed by atoms with E-state index in [0.29, 0.717) is 5.69 Å². The molecule has 0 radical (unpaired) electrons.